The Hall–Kier alpha value is -0.0100. The van der Waals surface area contributed by atoms with Gasteiger partial charge in [0.15, 0.2) is 0 Å². The van der Waals surface area contributed by atoms with E-state index in [1.807, 2.05) is 0 Å². The van der Waals surface area contributed by atoms with Crippen LogP contribution in [0.1, 0.15) is 38.5 Å². The maximum Gasteiger partial charge on any atom is 0.303 e. The summed E-state index contributed by atoms with van der Waals surface area (Å²) in [7, 11) is 5.19. The van der Waals surface area contributed by atoms with Gasteiger partial charge >= 0.3 is 11.9 Å². The third-order valence-electron chi connectivity index (χ3n) is 1.83. The molecule has 0 heterocycles. The fourth-order valence-electron chi connectivity index (χ4n) is 0.976. The van der Waals surface area contributed by atoms with Gasteiger partial charge in [-0.1, -0.05) is 21.6 Å². The molecule has 0 aliphatic rings. The highest BCUT2D eigenvalue weighted by molar-refractivity contribution is 9.09. The molecule has 0 radical (unpaired) electrons. The van der Waals surface area contributed by atoms with E-state index >= 15 is 0 Å². The molecule has 0 aromatic carbocycles. The molecule has 0 saturated carbocycles. The van der Waals surface area contributed by atoms with E-state index in [9.17, 15) is 9.59 Å². The van der Waals surface area contributed by atoms with E-state index in [1.165, 1.54) is 0 Å². The van der Waals surface area contributed by atoms with Crippen LogP contribution in [0.2, 0.25) is 0 Å². The molecule has 0 amide bonds. The molecule has 0 unspecified atom stereocenters. The maximum atomic E-state index is 10.2. The molecule has 0 atom stereocenters. The molecule has 0 fully saturated rings. The molecule has 0 aromatic heterocycles. The lowest BCUT2D eigenvalue weighted by Gasteiger charge is -2.00. The van der Waals surface area contributed by atoms with E-state index in [4.69, 9.17) is 10.2 Å². The molecule has 0 bridgehead atoms. The number of hydrogen-bond donors (Lipinski definition) is 2. The minimum atomic E-state index is -0.726. The lowest BCUT2D eigenvalue weighted by atomic mass is 10.3. The van der Waals surface area contributed by atoms with Gasteiger partial charge in [-0.25, -0.2) is 0 Å². The molecular formula is C10H18O4S3. The van der Waals surface area contributed by atoms with Crippen molar-refractivity contribution in [2.24, 2.45) is 0 Å². The van der Waals surface area contributed by atoms with Crippen LogP contribution in [0.4, 0.5) is 0 Å². The van der Waals surface area contributed by atoms with Gasteiger partial charge in [0.05, 0.1) is 0 Å². The van der Waals surface area contributed by atoms with Gasteiger partial charge in [0.25, 0.3) is 0 Å². The average molecular weight is 298 g/mol. The summed E-state index contributed by atoms with van der Waals surface area (Å²) in [5.74, 6) is 0.492. The molecule has 0 rings (SSSR count). The zero-order valence-electron chi connectivity index (χ0n) is 9.59. The van der Waals surface area contributed by atoms with Crippen LogP contribution >= 0.6 is 31.4 Å². The van der Waals surface area contributed by atoms with Gasteiger partial charge in [-0.3, -0.25) is 9.59 Å². The van der Waals surface area contributed by atoms with Gasteiger partial charge in [0.2, 0.25) is 0 Å². The summed E-state index contributed by atoms with van der Waals surface area (Å²) in [5.41, 5.74) is 0. The first-order valence-electron chi connectivity index (χ1n) is 5.47. The first-order chi connectivity index (χ1) is 8.13. The molecule has 17 heavy (non-hydrogen) atoms. The Balaban J connectivity index is 2.98. The number of carbonyl (C=O) groups is 2. The molecule has 0 aromatic rings. The topological polar surface area (TPSA) is 74.6 Å². The Bertz CT molecular complexity index is 202. The first kappa shape index (κ1) is 17.0. The summed E-state index contributed by atoms with van der Waals surface area (Å²) in [6.45, 7) is 0. The van der Waals surface area contributed by atoms with Crippen LogP contribution in [0.15, 0.2) is 0 Å². The third-order valence-corrected chi connectivity index (χ3v) is 6.25. The SMILES string of the molecule is O=C(O)CCCCSSSCCCCC(=O)O. The summed E-state index contributed by atoms with van der Waals surface area (Å²) >= 11 is 0. The number of carboxylic acids is 2. The van der Waals surface area contributed by atoms with Crippen molar-refractivity contribution >= 4 is 43.4 Å². The summed E-state index contributed by atoms with van der Waals surface area (Å²) in [6.07, 6.45) is 3.87. The molecule has 2 N–H and O–H groups in total. The molecule has 7 heteroatoms. The Morgan fingerprint density at radius 2 is 1.18 bits per heavy atom. The van der Waals surface area contributed by atoms with Gasteiger partial charge in [0.1, 0.15) is 0 Å². The Morgan fingerprint density at radius 1 is 0.765 bits per heavy atom. The largest absolute Gasteiger partial charge is 0.481 e. The normalized spacial score (nSPS) is 10.4. The second-order valence-electron chi connectivity index (χ2n) is 3.41. The highest BCUT2D eigenvalue weighted by Gasteiger charge is 1.98. The van der Waals surface area contributed by atoms with E-state index in [0.29, 0.717) is 0 Å². The predicted molar refractivity (Wildman–Crippen MR) is 75.5 cm³/mol. The van der Waals surface area contributed by atoms with Crippen molar-refractivity contribution in [2.45, 2.75) is 38.5 Å². The zero-order valence-corrected chi connectivity index (χ0v) is 12.0. The first-order valence-corrected chi connectivity index (χ1v) is 9.29. The van der Waals surface area contributed by atoms with Crippen molar-refractivity contribution < 1.29 is 19.8 Å². The lowest BCUT2D eigenvalue weighted by Crippen LogP contribution is -1.94. The van der Waals surface area contributed by atoms with Gasteiger partial charge in [-0.15, -0.1) is 0 Å². The van der Waals surface area contributed by atoms with Crippen molar-refractivity contribution in [3.8, 4) is 0 Å². The van der Waals surface area contributed by atoms with E-state index in [1.54, 1.807) is 31.4 Å². The molecule has 0 aliphatic carbocycles. The monoisotopic (exact) mass is 298 g/mol. The van der Waals surface area contributed by atoms with Crippen LogP contribution in [0.25, 0.3) is 0 Å². The average Bonchev–Trinajstić information content (AvgIpc) is 2.25. The number of carboxylic acid groups (broad SMARTS) is 2. The summed E-state index contributed by atoms with van der Waals surface area (Å²) in [4.78, 5) is 20.4. The number of hydrogen-bond acceptors (Lipinski definition) is 5. The third kappa shape index (κ3) is 16.0. The van der Waals surface area contributed by atoms with Gasteiger partial charge < -0.3 is 10.2 Å². The smallest absolute Gasteiger partial charge is 0.303 e. The van der Waals surface area contributed by atoms with Crippen LogP contribution in [0.3, 0.4) is 0 Å². The van der Waals surface area contributed by atoms with Crippen LogP contribution in [0.5, 0.6) is 0 Å². The zero-order chi connectivity index (χ0) is 12.9. The Labute approximate surface area is 113 Å². The fraction of sp³-hybridized carbons (Fsp3) is 0.800. The minimum Gasteiger partial charge on any atom is -0.481 e. The minimum absolute atomic E-state index is 0.257. The number of unbranched alkanes of at least 4 members (excludes halogenated alkanes) is 2. The van der Waals surface area contributed by atoms with Crippen molar-refractivity contribution in [2.75, 3.05) is 11.5 Å². The second-order valence-corrected chi connectivity index (χ2v) is 7.88. The van der Waals surface area contributed by atoms with Gasteiger partial charge in [-0.2, -0.15) is 0 Å². The fourth-order valence-corrected chi connectivity index (χ4v) is 4.98. The molecule has 4 nitrogen and oxygen atoms in total. The van der Waals surface area contributed by atoms with Crippen molar-refractivity contribution in [1.82, 2.24) is 0 Å². The van der Waals surface area contributed by atoms with Crippen LogP contribution in [-0.2, 0) is 9.59 Å². The lowest BCUT2D eigenvalue weighted by molar-refractivity contribution is -0.138. The standard InChI is InChI=1S/C10H18O4S3/c11-9(12)5-1-3-7-15-17-16-8-4-2-6-10(13)14/h1-8H2,(H,11,12)(H,13,14). The van der Waals surface area contributed by atoms with E-state index < -0.39 is 11.9 Å². The second kappa shape index (κ2) is 12.4. The van der Waals surface area contributed by atoms with E-state index in [-0.39, 0.29) is 12.8 Å². The highest BCUT2D eigenvalue weighted by atomic mass is 33.5. The van der Waals surface area contributed by atoms with Crippen molar-refractivity contribution in [3.63, 3.8) is 0 Å². The van der Waals surface area contributed by atoms with E-state index in [0.717, 1.165) is 37.2 Å². The highest BCUT2D eigenvalue weighted by Crippen LogP contribution is 2.35. The molecule has 100 valence electrons. The Kier molecular flexibility index (Phi) is 12.4. The number of rotatable bonds is 12. The van der Waals surface area contributed by atoms with Crippen LogP contribution in [0, 0.1) is 0 Å². The van der Waals surface area contributed by atoms with Crippen LogP contribution in [-0.4, -0.2) is 33.7 Å². The summed E-state index contributed by atoms with van der Waals surface area (Å²) in [6, 6.07) is 0. The van der Waals surface area contributed by atoms with Crippen molar-refractivity contribution in [1.29, 1.82) is 0 Å². The summed E-state index contributed by atoms with van der Waals surface area (Å²) < 4.78 is 0. The van der Waals surface area contributed by atoms with Crippen LogP contribution < -0.4 is 0 Å². The van der Waals surface area contributed by atoms with Crippen molar-refractivity contribution in [3.05, 3.63) is 0 Å². The molecule has 0 saturated heterocycles. The number of aliphatic carboxylic acids is 2. The van der Waals surface area contributed by atoms with Gasteiger partial charge in [-0.05, 0) is 35.5 Å². The molecular weight excluding hydrogens is 280 g/mol. The maximum absolute atomic E-state index is 10.2. The summed E-state index contributed by atoms with van der Waals surface area (Å²) in [5, 5.41) is 16.8. The molecule has 0 aliphatic heterocycles. The van der Waals surface area contributed by atoms with Gasteiger partial charge in [0, 0.05) is 24.3 Å². The molecule has 0 spiro atoms. The predicted octanol–water partition coefficient (Wildman–Crippen LogP) is 3.53. The van der Waals surface area contributed by atoms with E-state index in [2.05, 4.69) is 0 Å². The quantitative estimate of drug-likeness (QED) is 0.421. The Morgan fingerprint density at radius 3 is 1.53 bits per heavy atom.